The molecule has 1 aromatic heterocycles. The summed E-state index contributed by atoms with van der Waals surface area (Å²) >= 11 is 1.36. The second-order valence-electron chi connectivity index (χ2n) is 3.67. The van der Waals surface area contributed by atoms with Gasteiger partial charge in [0, 0.05) is 11.1 Å². The fourth-order valence-corrected chi connectivity index (χ4v) is 1.96. The number of thiazole rings is 1. The lowest BCUT2D eigenvalue weighted by Gasteiger charge is -2.04. The molecule has 6 heteroatoms. The number of aromatic nitrogens is 1. The fraction of sp³-hybridized carbons (Fsp3) is 0.0833. The van der Waals surface area contributed by atoms with E-state index < -0.39 is 0 Å². The lowest BCUT2D eigenvalue weighted by Crippen LogP contribution is -2.14. The molecule has 0 aliphatic rings. The van der Waals surface area contributed by atoms with E-state index in [1.807, 2.05) is 0 Å². The standard InChI is InChI=1S/C12H11N3O2S/c13-11(16)5-8-1-3-9(4-2-8)15-12(17)10-6-18-7-14-10/h1-4,6-7H,5H2,(H2,13,16)(H,15,17). The molecule has 3 N–H and O–H groups in total. The minimum Gasteiger partial charge on any atom is -0.369 e. The number of nitrogens with zero attached hydrogens (tertiary/aromatic N) is 1. The van der Waals surface area contributed by atoms with Crippen molar-refractivity contribution in [3.63, 3.8) is 0 Å². The van der Waals surface area contributed by atoms with Gasteiger partial charge in [-0.3, -0.25) is 9.59 Å². The highest BCUT2D eigenvalue weighted by Gasteiger charge is 2.07. The maximum Gasteiger partial charge on any atom is 0.275 e. The average molecular weight is 261 g/mol. The number of anilines is 1. The summed E-state index contributed by atoms with van der Waals surface area (Å²) in [5, 5.41) is 4.39. The van der Waals surface area contributed by atoms with Gasteiger partial charge >= 0.3 is 0 Å². The maximum absolute atomic E-state index is 11.7. The van der Waals surface area contributed by atoms with Crippen molar-refractivity contribution in [2.45, 2.75) is 6.42 Å². The predicted molar refractivity (Wildman–Crippen MR) is 69.4 cm³/mol. The summed E-state index contributed by atoms with van der Waals surface area (Å²) in [6, 6.07) is 6.95. The van der Waals surface area contributed by atoms with Gasteiger partial charge in [-0.25, -0.2) is 4.98 Å². The molecule has 0 aliphatic heterocycles. The third kappa shape index (κ3) is 3.14. The minimum atomic E-state index is -0.380. The van der Waals surface area contributed by atoms with Crippen LogP contribution in [0.1, 0.15) is 16.1 Å². The monoisotopic (exact) mass is 261 g/mol. The van der Waals surface area contributed by atoms with E-state index in [1.54, 1.807) is 35.2 Å². The molecule has 2 rings (SSSR count). The Morgan fingerprint density at radius 2 is 2.00 bits per heavy atom. The molecule has 1 heterocycles. The van der Waals surface area contributed by atoms with E-state index in [-0.39, 0.29) is 18.2 Å². The average Bonchev–Trinajstić information content (AvgIpc) is 2.84. The summed E-state index contributed by atoms with van der Waals surface area (Å²) in [5.74, 6) is -0.631. The van der Waals surface area contributed by atoms with E-state index in [4.69, 9.17) is 5.73 Å². The quantitative estimate of drug-likeness (QED) is 0.872. The largest absolute Gasteiger partial charge is 0.369 e. The van der Waals surface area contributed by atoms with Crippen LogP contribution in [-0.4, -0.2) is 16.8 Å². The van der Waals surface area contributed by atoms with Gasteiger partial charge in [0.05, 0.1) is 11.9 Å². The molecule has 0 unspecified atom stereocenters. The number of carbonyl (C=O) groups is 2. The van der Waals surface area contributed by atoms with Crippen LogP contribution >= 0.6 is 11.3 Å². The smallest absolute Gasteiger partial charge is 0.275 e. The first kappa shape index (κ1) is 12.3. The molecule has 1 aromatic carbocycles. The molecular weight excluding hydrogens is 250 g/mol. The Hall–Kier alpha value is -2.21. The normalized spacial score (nSPS) is 10.0. The lowest BCUT2D eigenvalue weighted by molar-refractivity contribution is -0.117. The summed E-state index contributed by atoms with van der Waals surface area (Å²) < 4.78 is 0. The second kappa shape index (κ2) is 5.42. The van der Waals surface area contributed by atoms with Crippen molar-refractivity contribution in [1.29, 1.82) is 0 Å². The number of benzene rings is 1. The SMILES string of the molecule is NC(=O)Cc1ccc(NC(=O)c2cscn2)cc1. The van der Waals surface area contributed by atoms with Gasteiger partial charge in [0.2, 0.25) is 5.91 Å². The highest BCUT2D eigenvalue weighted by atomic mass is 32.1. The van der Waals surface area contributed by atoms with E-state index >= 15 is 0 Å². The Morgan fingerprint density at radius 1 is 1.28 bits per heavy atom. The summed E-state index contributed by atoms with van der Waals surface area (Å²) in [6.07, 6.45) is 0.195. The molecule has 0 bridgehead atoms. The van der Waals surface area contributed by atoms with E-state index in [2.05, 4.69) is 10.3 Å². The Labute approximate surface area is 108 Å². The zero-order chi connectivity index (χ0) is 13.0. The van der Waals surface area contributed by atoms with Crippen LogP contribution < -0.4 is 11.1 Å². The number of rotatable bonds is 4. The number of hydrogen-bond donors (Lipinski definition) is 2. The molecule has 0 radical (unpaired) electrons. The minimum absolute atomic E-state index is 0.195. The van der Waals surface area contributed by atoms with Gasteiger partial charge in [-0.1, -0.05) is 12.1 Å². The van der Waals surface area contributed by atoms with Crippen LogP contribution in [0.5, 0.6) is 0 Å². The van der Waals surface area contributed by atoms with Gasteiger partial charge in [-0.2, -0.15) is 0 Å². The van der Waals surface area contributed by atoms with Crippen molar-refractivity contribution in [3.8, 4) is 0 Å². The van der Waals surface area contributed by atoms with Gasteiger partial charge in [0.15, 0.2) is 0 Å². The molecule has 5 nitrogen and oxygen atoms in total. The third-order valence-corrected chi connectivity index (χ3v) is 2.84. The van der Waals surface area contributed by atoms with Crippen LogP contribution in [0.25, 0.3) is 0 Å². The van der Waals surface area contributed by atoms with Crippen molar-refractivity contribution in [2.24, 2.45) is 5.73 Å². The van der Waals surface area contributed by atoms with E-state index in [0.29, 0.717) is 11.4 Å². The fourth-order valence-electron chi connectivity index (χ4n) is 1.43. The first-order valence-corrected chi connectivity index (χ1v) is 6.16. The number of carbonyl (C=O) groups excluding carboxylic acids is 2. The first-order valence-electron chi connectivity index (χ1n) is 5.22. The summed E-state index contributed by atoms with van der Waals surface area (Å²) in [5.41, 5.74) is 8.55. The first-order chi connectivity index (χ1) is 8.65. The van der Waals surface area contributed by atoms with Gasteiger partial charge in [0.25, 0.3) is 5.91 Å². The zero-order valence-corrected chi connectivity index (χ0v) is 10.2. The number of amides is 2. The molecule has 18 heavy (non-hydrogen) atoms. The van der Waals surface area contributed by atoms with Crippen molar-refractivity contribution < 1.29 is 9.59 Å². The van der Waals surface area contributed by atoms with Crippen LogP contribution in [-0.2, 0) is 11.2 Å². The topological polar surface area (TPSA) is 85.1 Å². The second-order valence-corrected chi connectivity index (χ2v) is 4.39. The molecule has 0 aliphatic carbocycles. The molecule has 0 fully saturated rings. The highest BCUT2D eigenvalue weighted by Crippen LogP contribution is 2.12. The third-order valence-electron chi connectivity index (χ3n) is 2.26. The molecular formula is C12H11N3O2S. The highest BCUT2D eigenvalue weighted by molar-refractivity contribution is 7.07. The van der Waals surface area contributed by atoms with Crippen LogP contribution in [0.4, 0.5) is 5.69 Å². The molecule has 2 amide bonds. The molecule has 92 valence electrons. The Bertz CT molecular complexity index is 549. The van der Waals surface area contributed by atoms with Gasteiger partial charge in [0.1, 0.15) is 5.69 Å². The van der Waals surface area contributed by atoms with Crippen molar-refractivity contribution in [2.75, 3.05) is 5.32 Å². The summed E-state index contributed by atoms with van der Waals surface area (Å²) in [6.45, 7) is 0. The van der Waals surface area contributed by atoms with Crippen LogP contribution in [0, 0.1) is 0 Å². The molecule has 0 spiro atoms. The molecule has 2 aromatic rings. The van der Waals surface area contributed by atoms with Crippen molar-refractivity contribution in [3.05, 3.63) is 46.4 Å². The van der Waals surface area contributed by atoms with Crippen molar-refractivity contribution >= 4 is 28.8 Å². The van der Waals surface area contributed by atoms with Crippen LogP contribution in [0.3, 0.4) is 0 Å². The number of primary amides is 1. The predicted octanol–water partition coefficient (Wildman–Crippen LogP) is 1.42. The summed E-state index contributed by atoms with van der Waals surface area (Å²) in [4.78, 5) is 26.3. The lowest BCUT2D eigenvalue weighted by atomic mass is 10.1. The number of nitrogens with two attached hydrogens (primary N) is 1. The molecule has 0 saturated heterocycles. The number of hydrogen-bond acceptors (Lipinski definition) is 4. The van der Waals surface area contributed by atoms with Crippen LogP contribution in [0.2, 0.25) is 0 Å². The Balaban J connectivity index is 2.02. The Kier molecular flexibility index (Phi) is 3.69. The van der Waals surface area contributed by atoms with Crippen molar-refractivity contribution in [1.82, 2.24) is 4.98 Å². The molecule has 0 atom stereocenters. The summed E-state index contributed by atoms with van der Waals surface area (Å²) in [7, 11) is 0. The van der Waals surface area contributed by atoms with Crippen LogP contribution in [0.15, 0.2) is 35.2 Å². The molecule has 0 saturated carbocycles. The Morgan fingerprint density at radius 3 is 2.56 bits per heavy atom. The van der Waals surface area contributed by atoms with Gasteiger partial charge in [-0.05, 0) is 17.7 Å². The van der Waals surface area contributed by atoms with Gasteiger partial charge in [-0.15, -0.1) is 11.3 Å². The van der Waals surface area contributed by atoms with E-state index in [1.165, 1.54) is 11.3 Å². The zero-order valence-electron chi connectivity index (χ0n) is 9.42. The number of nitrogens with one attached hydrogen (secondary N) is 1. The van der Waals surface area contributed by atoms with E-state index in [9.17, 15) is 9.59 Å². The van der Waals surface area contributed by atoms with Gasteiger partial charge < -0.3 is 11.1 Å². The van der Waals surface area contributed by atoms with E-state index in [0.717, 1.165) is 5.56 Å². The maximum atomic E-state index is 11.7.